The van der Waals surface area contributed by atoms with Crippen LogP contribution < -0.4 is 0 Å². The molecule has 118 valence electrons. The molecule has 2 bridgehead atoms. The quantitative estimate of drug-likeness (QED) is 0.530. The van der Waals surface area contributed by atoms with Crippen LogP contribution in [0.25, 0.3) is 5.57 Å². The summed E-state index contributed by atoms with van der Waals surface area (Å²) in [7, 11) is -3.17. The Hall–Kier alpha value is -0.670. The van der Waals surface area contributed by atoms with Gasteiger partial charge in [-0.1, -0.05) is 18.2 Å². The summed E-state index contributed by atoms with van der Waals surface area (Å²) >= 11 is 1.72. The molecule has 1 saturated carbocycles. The lowest BCUT2D eigenvalue weighted by Gasteiger charge is -2.44. The lowest BCUT2D eigenvalue weighted by atomic mass is 9.68. The first-order valence-electron chi connectivity index (χ1n) is 8.05. The number of thiophene rings is 1. The summed E-state index contributed by atoms with van der Waals surface area (Å²) in [5.74, 6) is 1.99. The van der Waals surface area contributed by atoms with E-state index in [0.29, 0.717) is 36.9 Å². The van der Waals surface area contributed by atoms with Gasteiger partial charge in [-0.05, 0) is 55.0 Å². The van der Waals surface area contributed by atoms with Crippen LogP contribution in [0.3, 0.4) is 0 Å². The van der Waals surface area contributed by atoms with E-state index in [1.165, 1.54) is 16.9 Å². The minimum atomic E-state index is -3.17. The topological polar surface area (TPSA) is 35.5 Å². The summed E-state index contributed by atoms with van der Waals surface area (Å²) < 4.78 is 24.7. The predicted octanol–water partition coefficient (Wildman–Crippen LogP) is 5.18. The second-order valence-electron chi connectivity index (χ2n) is 6.11. The van der Waals surface area contributed by atoms with Crippen LogP contribution in [0.1, 0.15) is 25.1 Å². The molecule has 0 saturated heterocycles. The number of fused-ring (bicyclic) bond motifs is 5. The number of hydrogen-bond donors (Lipinski definition) is 0. The van der Waals surface area contributed by atoms with Crippen LogP contribution in [-0.2, 0) is 13.6 Å². The Balaban J connectivity index is 1.82. The Morgan fingerprint density at radius 3 is 2.45 bits per heavy atom. The number of hydrogen-bond acceptors (Lipinski definition) is 4. The highest BCUT2D eigenvalue weighted by Crippen LogP contribution is 2.75. The Kier molecular flexibility index (Phi) is 3.69. The van der Waals surface area contributed by atoms with Gasteiger partial charge in [0.25, 0.3) is 0 Å². The molecule has 1 heterocycles. The van der Waals surface area contributed by atoms with Crippen LogP contribution in [0.2, 0.25) is 0 Å². The molecule has 0 spiro atoms. The van der Waals surface area contributed by atoms with Crippen molar-refractivity contribution in [3.63, 3.8) is 0 Å². The maximum Gasteiger partial charge on any atom is 0.357 e. The van der Waals surface area contributed by atoms with Gasteiger partial charge in [0.2, 0.25) is 0 Å². The Bertz CT molecular complexity index is 666. The third kappa shape index (κ3) is 1.98. The molecule has 0 radical (unpaired) electrons. The molecule has 1 aromatic heterocycles. The fraction of sp³-hybridized carbons (Fsp3) is 0.529. The molecule has 0 aromatic carbocycles. The van der Waals surface area contributed by atoms with Crippen molar-refractivity contribution in [1.29, 1.82) is 0 Å². The van der Waals surface area contributed by atoms with Gasteiger partial charge >= 0.3 is 7.60 Å². The number of rotatable bonds is 6. The van der Waals surface area contributed by atoms with Crippen molar-refractivity contribution in [3.05, 3.63) is 39.9 Å². The first-order valence-corrected chi connectivity index (χ1v) is 10.5. The zero-order valence-corrected chi connectivity index (χ0v) is 14.6. The van der Waals surface area contributed by atoms with E-state index in [0.717, 1.165) is 5.31 Å². The maximum absolute atomic E-state index is 13.4. The Morgan fingerprint density at radius 2 is 1.86 bits per heavy atom. The van der Waals surface area contributed by atoms with Crippen molar-refractivity contribution in [3.8, 4) is 0 Å². The largest absolute Gasteiger partial charge is 0.357 e. The van der Waals surface area contributed by atoms with Gasteiger partial charge in [0.1, 0.15) is 0 Å². The highest BCUT2D eigenvalue weighted by atomic mass is 32.1. The maximum atomic E-state index is 13.4. The van der Waals surface area contributed by atoms with Crippen molar-refractivity contribution >= 4 is 24.5 Å². The van der Waals surface area contributed by atoms with E-state index in [2.05, 4.69) is 29.7 Å². The van der Waals surface area contributed by atoms with Crippen molar-refractivity contribution in [2.75, 3.05) is 13.2 Å². The highest BCUT2D eigenvalue weighted by molar-refractivity contribution is 7.59. The smallest absolute Gasteiger partial charge is 0.306 e. The van der Waals surface area contributed by atoms with Crippen LogP contribution in [0.15, 0.2) is 35.0 Å². The van der Waals surface area contributed by atoms with Crippen molar-refractivity contribution in [2.24, 2.45) is 23.7 Å². The third-order valence-electron chi connectivity index (χ3n) is 5.06. The molecule has 22 heavy (non-hydrogen) atoms. The van der Waals surface area contributed by atoms with E-state index in [-0.39, 0.29) is 0 Å². The lowest BCUT2D eigenvalue weighted by Crippen LogP contribution is -2.33. The van der Waals surface area contributed by atoms with Crippen LogP contribution in [0, 0.1) is 23.7 Å². The van der Waals surface area contributed by atoms with Gasteiger partial charge in [-0.2, -0.15) is 0 Å². The first-order chi connectivity index (χ1) is 10.7. The van der Waals surface area contributed by atoms with Crippen molar-refractivity contribution in [1.82, 2.24) is 0 Å². The Morgan fingerprint density at radius 1 is 1.18 bits per heavy atom. The molecule has 5 heteroatoms. The second kappa shape index (κ2) is 5.45. The molecule has 1 fully saturated rings. The molecular weight excluding hydrogens is 315 g/mol. The van der Waals surface area contributed by atoms with Crippen LogP contribution in [0.5, 0.6) is 0 Å². The van der Waals surface area contributed by atoms with E-state index in [4.69, 9.17) is 9.05 Å². The zero-order chi connectivity index (χ0) is 15.3. The molecule has 3 nitrogen and oxygen atoms in total. The van der Waals surface area contributed by atoms with Crippen molar-refractivity contribution < 1.29 is 13.6 Å². The van der Waals surface area contributed by atoms with E-state index in [9.17, 15) is 4.57 Å². The van der Waals surface area contributed by atoms with Crippen LogP contribution in [-0.4, -0.2) is 13.2 Å². The van der Waals surface area contributed by atoms with Gasteiger partial charge in [-0.15, -0.1) is 11.3 Å². The van der Waals surface area contributed by atoms with E-state index in [1.807, 2.05) is 13.8 Å². The molecule has 3 aliphatic rings. The summed E-state index contributed by atoms with van der Waals surface area (Å²) in [6.45, 7) is 4.60. The monoisotopic (exact) mass is 336 g/mol. The summed E-state index contributed by atoms with van der Waals surface area (Å²) in [5, 5.41) is 3.06. The molecule has 4 rings (SSSR count). The van der Waals surface area contributed by atoms with Crippen LogP contribution in [0.4, 0.5) is 0 Å². The van der Waals surface area contributed by atoms with Gasteiger partial charge in [0, 0.05) is 10.8 Å². The fourth-order valence-electron chi connectivity index (χ4n) is 4.41. The summed E-state index contributed by atoms with van der Waals surface area (Å²) in [6, 6.07) is 4.20. The van der Waals surface area contributed by atoms with Crippen LogP contribution >= 0.6 is 18.9 Å². The van der Waals surface area contributed by atoms with Crippen molar-refractivity contribution in [2.45, 2.75) is 20.3 Å². The van der Waals surface area contributed by atoms with Gasteiger partial charge in [-0.3, -0.25) is 4.57 Å². The highest BCUT2D eigenvalue weighted by Gasteiger charge is 2.60. The van der Waals surface area contributed by atoms with E-state index >= 15 is 0 Å². The number of allylic oxidation sites excluding steroid dienone is 4. The summed E-state index contributed by atoms with van der Waals surface area (Å²) in [6.07, 6.45) is 5.84. The molecule has 0 amide bonds. The van der Waals surface area contributed by atoms with Gasteiger partial charge < -0.3 is 9.05 Å². The molecule has 4 atom stereocenters. The molecule has 0 aliphatic heterocycles. The van der Waals surface area contributed by atoms with E-state index in [1.54, 1.807) is 11.3 Å². The molecule has 0 N–H and O–H groups in total. The average molecular weight is 336 g/mol. The fourth-order valence-corrected chi connectivity index (χ4v) is 7.64. The standard InChI is InChI=1S/C17H21O3PS/c1-3-19-21(18,20-4-2)17-15-12-8-7-11(10-12)14(15)16(17)13-6-5-9-22-13/h5-9,11-12,14-15H,3-4,10H2,1-2H3/t11-,12+,14+,15-/m1/s1. The summed E-state index contributed by atoms with van der Waals surface area (Å²) in [5.41, 5.74) is 1.25. The average Bonchev–Trinajstić information content (AvgIpc) is 3.15. The van der Waals surface area contributed by atoms with Gasteiger partial charge in [-0.25, -0.2) is 0 Å². The molecule has 3 aliphatic carbocycles. The minimum Gasteiger partial charge on any atom is -0.306 e. The third-order valence-corrected chi connectivity index (χ3v) is 8.29. The molecule has 1 aromatic rings. The van der Waals surface area contributed by atoms with Gasteiger partial charge in [0.15, 0.2) is 0 Å². The second-order valence-corrected chi connectivity index (χ2v) is 9.05. The normalized spacial score (nSPS) is 32.5. The lowest BCUT2D eigenvalue weighted by molar-refractivity contribution is 0.217. The SMILES string of the molecule is CCOP(=O)(OCC)C1=C(c2cccs2)[C@@H]2[C@H]1[C@H]1C=C[C@@H]2C1. The zero-order valence-electron chi connectivity index (χ0n) is 12.9. The molecule has 0 unspecified atom stereocenters. The first kappa shape index (κ1) is 14.9. The molecular formula is C17H21O3PS. The summed E-state index contributed by atoms with van der Waals surface area (Å²) in [4.78, 5) is 1.23. The predicted molar refractivity (Wildman–Crippen MR) is 89.8 cm³/mol. The van der Waals surface area contributed by atoms with Gasteiger partial charge in [0.05, 0.1) is 18.5 Å². The Labute approximate surface area is 135 Å². The van der Waals surface area contributed by atoms with E-state index < -0.39 is 7.60 Å². The minimum absolute atomic E-state index is 0.357.